The molecule has 4 rings (SSSR count). The molecule has 0 aromatic heterocycles. The monoisotopic (exact) mass is 412 g/mol. The molecule has 0 spiro atoms. The van der Waals surface area contributed by atoms with Crippen LogP contribution in [-0.2, 0) is 9.53 Å². The minimum absolute atomic E-state index is 0.567. The zero-order valence-corrected chi connectivity index (χ0v) is 15.6. The fourth-order valence-corrected chi connectivity index (χ4v) is 3.58. The first-order valence-corrected chi connectivity index (χ1v) is 9.27. The highest BCUT2D eigenvalue weighted by Crippen LogP contribution is 2.36. The van der Waals surface area contributed by atoms with E-state index in [1.165, 1.54) is 4.90 Å². The number of anilines is 2. The molecule has 0 aliphatic carbocycles. The second-order valence-corrected chi connectivity index (χ2v) is 7.02. The summed E-state index contributed by atoms with van der Waals surface area (Å²) in [5, 5.41) is 41.7. The number of ether oxygens (including phenoxy) is 1. The van der Waals surface area contributed by atoms with Gasteiger partial charge in [0, 0.05) is 0 Å². The van der Waals surface area contributed by atoms with Gasteiger partial charge in [-0.2, -0.15) is 0 Å². The van der Waals surface area contributed by atoms with Crippen molar-refractivity contribution in [2.75, 3.05) is 4.90 Å². The number of aliphatic carboxylic acids is 1. The highest BCUT2D eigenvalue weighted by atomic mass is 16.6. The van der Waals surface area contributed by atoms with E-state index in [1.54, 1.807) is 24.3 Å². The van der Waals surface area contributed by atoms with Gasteiger partial charge in [-0.15, -0.1) is 0 Å². The second-order valence-electron chi connectivity index (χ2n) is 7.02. The lowest BCUT2D eigenvalue weighted by atomic mass is 9.98. The maximum Gasteiger partial charge on any atom is 0.335 e. The number of nitrogens with one attached hydrogen (secondary N) is 1. The normalized spacial score (nSPS) is 27.6. The van der Waals surface area contributed by atoms with E-state index in [0.29, 0.717) is 11.4 Å². The summed E-state index contributed by atoms with van der Waals surface area (Å²) < 4.78 is 5.18. The van der Waals surface area contributed by atoms with Crippen LogP contribution in [0.4, 0.5) is 16.2 Å². The zero-order chi connectivity index (χ0) is 21.4. The van der Waals surface area contributed by atoms with Gasteiger partial charge in [0.05, 0.1) is 11.4 Å². The van der Waals surface area contributed by atoms with Crippen LogP contribution in [0, 0.1) is 0 Å². The highest BCUT2D eigenvalue weighted by molar-refractivity contribution is 6.05. The Morgan fingerprint density at radius 1 is 0.833 bits per heavy atom. The number of carboxylic acid groups (broad SMARTS) is 1. The van der Waals surface area contributed by atoms with Gasteiger partial charge in [-0.25, -0.2) is 9.59 Å². The second kappa shape index (κ2) is 7.88. The van der Waals surface area contributed by atoms with E-state index in [1.807, 2.05) is 36.4 Å². The summed E-state index contributed by atoms with van der Waals surface area (Å²) in [6.45, 7) is 0. The van der Waals surface area contributed by atoms with E-state index in [0.717, 1.165) is 11.1 Å². The molecule has 2 aliphatic rings. The number of carbonyl (C=O) groups excluding carboxylic acids is 1. The van der Waals surface area contributed by atoms with Crippen LogP contribution in [0.2, 0.25) is 0 Å². The number of para-hydroxylation sites is 2. The van der Waals surface area contributed by atoms with Crippen molar-refractivity contribution in [3.05, 3.63) is 59.7 Å². The van der Waals surface area contributed by atoms with Gasteiger partial charge in [0.2, 0.25) is 0 Å². The van der Waals surface area contributed by atoms with Gasteiger partial charge in [-0.3, -0.25) is 4.90 Å². The van der Waals surface area contributed by atoms with Crippen LogP contribution in [0.5, 0.6) is 0 Å². The lowest BCUT2D eigenvalue weighted by molar-refractivity contribution is -0.231. The first kappa shape index (κ1) is 20.0. The van der Waals surface area contributed by atoms with E-state index in [2.05, 4.69) is 5.32 Å². The lowest BCUT2D eigenvalue weighted by Crippen LogP contribution is -2.64. The number of carbonyl (C=O) groups is 2. The number of urea groups is 1. The van der Waals surface area contributed by atoms with Crippen molar-refractivity contribution in [3.8, 4) is 0 Å². The van der Waals surface area contributed by atoms with Gasteiger partial charge in [0.25, 0.3) is 0 Å². The minimum Gasteiger partial charge on any atom is -0.479 e. The third kappa shape index (κ3) is 3.44. The molecule has 30 heavy (non-hydrogen) atoms. The van der Waals surface area contributed by atoms with Gasteiger partial charge in [0.15, 0.2) is 12.3 Å². The van der Waals surface area contributed by atoms with Crippen molar-refractivity contribution in [1.29, 1.82) is 0 Å². The molecule has 2 aromatic carbocycles. The summed E-state index contributed by atoms with van der Waals surface area (Å²) in [4.78, 5) is 26.0. The molecule has 9 nitrogen and oxygen atoms in total. The summed E-state index contributed by atoms with van der Waals surface area (Å²) in [5.74, 6) is -1.53. The van der Waals surface area contributed by atoms with E-state index in [4.69, 9.17) is 4.74 Å². The molecule has 5 N–H and O–H groups in total. The Morgan fingerprint density at radius 2 is 1.37 bits per heavy atom. The van der Waals surface area contributed by atoms with Gasteiger partial charge >= 0.3 is 12.0 Å². The topological polar surface area (TPSA) is 140 Å². The largest absolute Gasteiger partial charge is 0.479 e. The predicted octanol–water partition coefficient (Wildman–Crippen LogP) is 0.910. The standard InChI is InChI=1S/C21H20N2O7/c24-15-16(25)18(20(27)28)30-19(17(15)26)22-21(29)23-13-7-3-1-5-11(13)9-10-12-6-2-4-8-14(12)23/h1-10,15-19,24-26H,(H,22,29)(H,27,28)/t15-,16-,17+,18-,19?/m0/s1. The smallest absolute Gasteiger partial charge is 0.335 e. The number of amides is 2. The van der Waals surface area contributed by atoms with Crippen LogP contribution >= 0.6 is 0 Å². The SMILES string of the molecule is O=C(O)[C@H]1OC(NC(=O)N2c3ccccc3C=Cc3ccccc32)[C@H](O)[C@@H](O)[C@@H]1O. The van der Waals surface area contributed by atoms with Crippen LogP contribution in [0.3, 0.4) is 0 Å². The molecule has 2 amide bonds. The molecular formula is C21H20N2O7. The molecule has 156 valence electrons. The molecule has 9 heteroatoms. The Balaban J connectivity index is 1.68. The zero-order valence-electron chi connectivity index (χ0n) is 15.6. The van der Waals surface area contributed by atoms with E-state index >= 15 is 0 Å². The molecule has 0 radical (unpaired) electrons. The Morgan fingerprint density at radius 3 is 1.90 bits per heavy atom. The first-order chi connectivity index (χ1) is 14.4. The molecule has 2 aromatic rings. The van der Waals surface area contributed by atoms with Crippen LogP contribution in [0.1, 0.15) is 11.1 Å². The third-order valence-electron chi connectivity index (χ3n) is 5.12. The van der Waals surface area contributed by atoms with Gasteiger partial charge < -0.3 is 30.5 Å². The van der Waals surface area contributed by atoms with Crippen LogP contribution in [0.25, 0.3) is 12.2 Å². The fourth-order valence-electron chi connectivity index (χ4n) is 3.58. The molecular weight excluding hydrogens is 392 g/mol. The molecule has 0 bridgehead atoms. The fraction of sp³-hybridized carbons (Fsp3) is 0.238. The Kier molecular flexibility index (Phi) is 5.27. The van der Waals surface area contributed by atoms with Gasteiger partial charge in [-0.1, -0.05) is 48.6 Å². The average Bonchev–Trinajstić information content (AvgIpc) is 2.90. The van der Waals surface area contributed by atoms with E-state index in [-0.39, 0.29) is 0 Å². The average molecular weight is 412 g/mol. The van der Waals surface area contributed by atoms with Gasteiger partial charge in [0.1, 0.15) is 18.3 Å². The van der Waals surface area contributed by atoms with Crippen LogP contribution < -0.4 is 10.2 Å². The number of benzene rings is 2. The Bertz CT molecular complexity index is 959. The van der Waals surface area contributed by atoms with Crippen molar-refractivity contribution in [2.24, 2.45) is 0 Å². The van der Waals surface area contributed by atoms with Crippen molar-refractivity contribution in [1.82, 2.24) is 5.32 Å². The highest BCUT2D eigenvalue weighted by Gasteiger charge is 2.47. The van der Waals surface area contributed by atoms with Gasteiger partial charge in [-0.05, 0) is 23.3 Å². The number of rotatable bonds is 2. The quantitative estimate of drug-likeness (QED) is 0.494. The van der Waals surface area contributed by atoms with Crippen molar-refractivity contribution in [2.45, 2.75) is 30.6 Å². The number of nitrogens with zero attached hydrogens (tertiary/aromatic N) is 1. The van der Waals surface area contributed by atoms with E-state index in [9.17, 15) is 30.0 Å². The number of hydrogen-bond donors (Lipinski definition) is 5. The summed E-state index contributed by atoms with van der Waals surface area (Å²) >= 11 is 0. The molecule has 1 fully saturated rings. The summed E-state index contributed by atoms with van der Waals surface area (Å²) in [6, 6.07) is 13.7. The number of aliphatic hydroxyl groups excluding tert-OH is 3. The maximum absolute atomic E-state index is 13.3. The van der Waals surface area contributed by atoms with E-state index < -0.39 is 42.6 Å². The number of fused-ring (bicyclic) bond motifs is 2. The molecule has 2 heterocycles. The molecule has 0 saturated carbocycles. The number of hydrogen-bond acceptors (Lipinski definition) is 6. The maximum atomic E-state index is 13.3. The first-order valence-electron chi connectivity index (χ1n) is 9.27. The Hall–Kier alpha value is -3.24. The van der Waals surface area contributed by atoms with Crippen molar-refractivity contribution >= 4 is 35.5 Å². The van der Waals surface area contributed by atoms with Crippen LogP contribution in [0.15, 0.2) is 48.5 Å². The molecule has 1 unspecified atom stereocenters. The predicted molar refractivity (Wildman–Crippen MR) is 107 cm³/mol. The summed E-state index contributed by atoms with van der Waals surface area (Å²) in [5.41, 5.74) is 2.68. The van der Waals surface area contributed by atoms with Crippen LogP contribution in [-0.4, -0.2) is 63.1 Å². The van der Waals surface area contributed by atoms with Crippen molar-refractivity contribution < 1.29 is 34.8 Å². The minimum atomic E-state index is -1.84. The number of aliphatic hydroxyl groups is 3. The molecule has 2 aliphatic heterocycles. The summed E-state index contributed by atoms with van der Waals surface area (Å²) in [6.07, 6.45) is -4.99. The summed E-state index contributed by atoms with van der Waals surface area (Å²) in [7, 11) is 0. The molecule has 5 atom stereocenters. The van der Waals surface area contributed by atoms with Crippen molar-refractivity contribution in [3.63, 3.8) is 0 Å². The number of carboxylic acids is 1. The molecule has 1 saturated heterocycles. The third-order valence-corrected chi connectivity index (χ3v) is 5.12. The lowest BCUT2D eigenvalue weighted by Gasteiger charge is -2.39. The Labute approximate surface area is 171 Å².